The molecule has 8 nitrogen and oxygen atoms in total. The Balaban J connectivity index is 1.60. The highest BCUT2D eigenvalue weighted by Crippen LogP contribution is 2.52. The molecule has 2 atom stereocenters. The van der Waals surface area contributed by atoms with Gasteiger partial charge in [-0.05, 0) is 35.9 Å². The number of halogens is 2. The number of amides is 1. The Morgan fingerprint density at radius 3 is 2.30 bits per heavy atom. The molecule has 1 fully saturated rings. The Kier molecular flexibility index (Phi) is 6.45. The van der Waals surface area contributed by atoms with E-state index in [1.165, 1.54) is 30.3 Å². The fourth-order valence-electron chi connectivity index (χ4n) is 5.07. The Hall–Kier alpha value is -4.05. The molecule has 202 valence electrons. The second-order valence-corrected chi connectivity index (χ2v) is 11.9. The van der Waals surface area contributed by atoms with E-state index < -0.39 is 33.9 Å². The van der Waals surface area contributed by atoms with Gasteiger partial charge < -0.3 is 14.8 Å². The molecule has 4 aromatic rings. The number of carbonyl (C=O) groups excluding carboxylic acids is 2. The van der Waals surface area contributed by atoms with Gasteiger partial charge in [0.1, 0.15) is 6.61 Å². The van der Waals surface area contributed by atoms with Crippen molar-refractivity contribution in [2.75, 3.05) is 10.9 Å². The predicted octanol–water partition coefficient (Wildman–Crippen LogP) is 5.99. The number of hydrogen-bond donors (Lipinski definition) is 1. The smallest absolute Gasteiger partial charge is 0.408 e. The van der Waals surface area contributed by atoms with Gasteiger partial charge in [-0.2, -0.15) is 0 Å². The van der Waals surface area contributed by atoms with Crippen molar-refractivity contribution in [3.63, 3.8) is 0 Å². The van der Waals surface area contributed by atoms with Gasteiger partial charge in [-0.15, -0.1) is 0 Å². The number of fused-ring (bicyclic) bond motifs is 2. The zero-order chi connectivity index (χ0) is 28.1. The quantitative estimate of drug-likeness (QED) is 0.285. The summed E-state index contributed by atoms with van der Waals surface area (Å²) in [4.78, 5) is 26.0. The first-order chi connectivity index (χ1) is 19.2. The van der Waals surface area contributed by atoms with Crippen molar-refractivity contribution >= 4 is 51.0 Å². The fourth-order valence-corrected chi connectivity index (χ4v) is 7.20. The van der Waals surface area contributed by atoms with E-state index in [1.54, 1.807) is 36.4 Å². The van der Waals surface area contributed by atoms with Gasteiger partial charge in [0.05, 0.1) is 21.2 Å². The number of benzene rings is 4. The Bertz CT molecular complexity index is 1750. The number of hydrogen-bond acceptors (Lipinski definition) is 6. The number of nitrogens with one attached hydrogen (secondary N) is 1. The summed E-state index contributed by atoms with van der Waals surface area (Å²) in [5.41, 5.74) is 0.375. The minimum Gasteiger partial charge on any atom is -0.446 e. The van der Waals surface area contributed by atoms with Gasteiger partial charge in [-0.25, -0.2) is 22.3 Å². The SMILES string of the molecule is O=C1N[C@]2(CO1)c1cccc(-c3ccccc3)c1N(S(=O)(=O)c1ccccc1)[C@@H]2OC(=O)c1ccc(Cl)cc1Cl. The van der Waals surface area contributed by atoms with Crippen molar-refractivity contribution in [2.45, 2.75) is 16.7 Å². The lowest BCUT2D eigenvalue weighted by atomic mass is 9.89. The van der Waals surface area contributed by atoms with Crippen molar-refractivity contribution in [1.82, 2.24) is 5.32 Å². The van der Waals surface area contributed by atoms with E-state index in [0.29, 0.717) is 16.1 Å². The Morgan fingerprint density at radius 2 is 1.65 bits per heavy atom. The molecule has 1 N–H and O–H groups in total. The molecule has 2 aliphatic heterocycles. The average molecular weight is 595 g/mol. The van der Waals surface area contributed by atoms with Crippen molar-refractivity contribution in [2.24, 2.45) is 0 Å². The van der Waals surface area contributed by atoms with Gasteiger partial charge in [0.25, 0.3) is 10.0 Å². The van der Waals surface area contributed by atoms with Crippen molar-refractivity contribution in [3.8, 4) is 11.1 Å². The van der Waals surface area contributed by atoms with Crippen LogP contribution in [-0.2, 0) is 25.0 Å². The number of cyclic esters (lactones) is 1. The highest BCUT2D eigenvalue weighted by molar-refractivity contribution is 7.93. The lowest BCUT2D eigenvalue weighted by Gasteiger charge is -2.33. The van der Waals surface area contributed by atoms with Gasteiger partial charge in [0.2, 0.25) is 6.23 Å². The first kappa shape index (κ1) is 26.2. The predicted molar refractivity (Wildman–Crippen MR) is 150 cm³/mol. The minimum absolute atomic E-state index is 0.0243. The maximum absolute atomic E-state index is 14.4. The lowest BCUT2D eigenvalue weighted by molar-refractivity contribution is 0.00815. The van der Waals surface area contributed by atoms with Crippen LogP contribution in [0.2, 0.25) is 10.0 Å². The molecule has 4 aromatic carbocycles. The topological polar surface area (TPSA) is 102 Å². The number of esters is 1. The van der Waals surface area contributed by atoms with Crippen LogP contribution in [0.5, 0.6) is 0 Å². The molecule has 0 aromatic heterocycles. The van der Waals surface area contributed by atoms with Crippen molar-refractivity contribution in [3.05, 3.63) is 118 Å². The lowest BCUT2D eigenvalue weighted by Crippen LogP contribution is -2.56. The van der Waals surface area contributed by atoms with E-state index in [0.717, 1.165) is 9.87 Å². The van der Waals surface area contributed by atoms with Gasteiger partial charge >= 0.3 is 12.1 Å². The standard InChI is InChI=1S/C29H20Cl2N2O6S/c30-19-14-15-22(24(31)16-19)26(34)39-27-29(17-38-28(35)32-29)23-13-7-12-21(18-8-3-1-4-9-18)25(23)33(27)40(36,37)20-10-5-2-6-11-20/h1-16,27H,17H2,(H,32,35)/t27-,29-/m1/s1. The number of carbonyl (C=O) groups is 2. The number of para-hydroxylation sites is 1. The van der Waals surface area contributed by atoms with Gasteiger partial charge in [0.15, 0.2) is 5.54 Å². The summed E-state index contributed by atoms with van der Waals surface area (Å²) >= 11 is 12.3. The maximum atomic E-state index is 14.4. The summed E-state index contributed by atoms with van der Waals surface area (Å²) in [6, 6.07) is 26.4. The summed E-state index contributed by atoms with van der Waals surface area (Å²) in [5.74, 6) is -0.908. The third-order valence-electron chi connectivity index (χ3n) is 6.88. The molecule has 11 heteroatoms. The van der Waals surface area contributed by atoms with E-state index in [-0.39, 0.29) is 27.8 Å². The van der Waals surface area contributed by atoms with E-state index in [2.05, 4.69) is 5.32 Å². The molecule has 1 amide bonds. The summed E-state index contributed by atoms with van der Waals surface area (Å²) < 4.78 is 41.1. The van der Waals surface area contributed by atoms with E-state index in [4.69, 9.17) is 32.7 Å². The van der Waals surface area contributed by atoms with Crippen molar-refractivity contribution < 1.29 is 27.5 Å². The molecule has 1 spiro atoms. The molecule has 0 saturated carbocycles. The van der Waals surface area contributed by atoms with Crippen molar-refractivity contribution in [1.29, 1.82) is 0 Å². The largest absolute Gasteiger partial charge is 0.446 e. The monoisotopic (exact) mass is 594 g/mol. The second kappa shape index (κ2) is 9.85. The highest BCUT2D eigenvalue weighted by Gasteiger charge is 2.62. The zero-order valence-corrected chi connectivity index (χ0v) is 22.9. The summed E-state index contributed by atoms with van der Waals surface area (Å²) in [6.45, 7) is -0.288. The van der Waals surface area contributed by atoms with Gasteiger partial charge in [-0.3, -0.25) is 0 Å². The molecule has 0 unspecified atom stereocenters. The molecular formula is C29H20Cl2N2O6S. The van der Waals surface area contributed by atoms with Crippen LogP contribution < -0.4 is 9.62 Å². The number of ether oxygens (including phenoxy) is 2. The first-order valence-electron chi connectivity index (χ1n) is 12.1. The summed E-state index contributed by atoms with van der Waals surface area (Å²) in [6.07, 6.45) is -2.34. The molecule has 0 aliphatic carbocycles. The average Bonchev–Trinajstić information content (AvgIpc) is 3.47. The van der Waals surface area contributed by atoms with Crippen LogP contribution in [0.25, 0.3) is 11.1 Å². The third-order valence-corrected chi connectivity index (χ3v) is 9.19. The number of rotatable bonds is 5. The van der Waals surface area contributed by atoms with Crippen LogP contribution >= 0.6 is 23.2 Å². The summed E-state index contributed by atoms with van der Waals surface area (Å²) in [7, 11) is -4.36. The molecule has 2 aliphatic rings. The number of sulfonamides is 1. The fraction of sp³-hybridized carbons (Fsp3) is 0.103. The third kappa shape index (κ3) is 4.18. The molecular weight excluding hydrogens is 575 g/mol. The van der Waals surface area contributed by atoms with Gasteiger partial charge in [-0.1, -0.05) is 89.9 Å². The van der Waals surface area contributed by atoms with Crippen LogP contribution in [-0.4, -0.2) is 33.3 Å². The van der Waals surface area contributed by atoms with E-state index >= 15 is 0 Å². The second-order valence-electron chi connectivity index (χ2n) is 9.24. The molecule has 2 heterocycles. The van der Waals surface area contributed by atoms with Crippen LogP contribution in [0.15, 0.2) is 102 Å². The molecule has 40 heavy (non-hydrogen) atoms. The summed E-state index contributed by atoms with van der Waals surface area (Å²) in [5, 5.41) is 3.08. The number of alkyl carbamates (subject to hydrolysis) is 1. The van der Waals surface area contributed by atoms with E-state index in [9.17, 15) is 18.0 Å². The van der Waals surface area contributed by atoms with Crippen LogP contribution in [0.1, 0.15) is 15.9 Å². The Labute approximate surface area is 240 Å². The normalized spacial score (nSPS) is 19.7. The number of anilines is 1. The Morgan fingerprint density at radius 1 is 0.950 bits per heavy atom. The van der Waals surface area contributed by atoms with Crippen LogP contribution in [0.4, 0.5) is 10.5 Å². The van der Waals surface area contributed by atoms with Crippen LogP contribution in [0.3, 0.4) is 0 Å². The number of nitrogens with zero attached hydrogens (tertiary/aromatic N) is 1. The van der Waals surface area contributed by atoms with Crippen LogP contribution in [0, 0.1) is 0 Å². The molecule has 6 rings (SSSR count). The molecule has 0 radical (unpaired) electrons. The minimum atomic E-state index is -4.36. The molecule has 1 saturated heterocycles. The maximum Gasteiger partial charge on any atom is 0.408 e. The van der Waals surface area contributed by atoms with E-state index in [1.807, 2.05) is 30.3 Å². The first-order valence-corrected chi connectivity index (χ1v) is 14.3. The van der Waals surface area contributed by atoms with Gasteiger partial charge in [0, 0.05) is 16.1 Å². The highest BCUT2D eigenvalue weighted by atomic mass is 35.5. The molecule has 0 bridgehead atoms. The zero-order valence-electron chi connectivity index (χ0n) is 20.6.